The van der Waals surface area contributed by atoms with Crippen LogP contribution in [0.4, 0.5) is 5.82 Å². The van der Waals surface area contributed by atoms with E-state index in [0.29, 0.717) is 17.4 Å². The van der Waals surface area contributed by atoms with Crippen molar-refractivity contribution >= 4 is 11.6 Å². The van der Waals surface area contributed by atoms with E-state index in [9.17, 15) is 4.79 Å². The maximum Gasteiger partial charge on any atom is 0.170 e. The Kier molecular flexibility index (Phi) is 4.58. The van der Waals surface area contributed by atoms with Crippen molar-refractivity contribution in [2.24, 2.45) is 0 Å². The highest BCUT2D eigenvalue weighted by atomic mass is 16.1. The fourth-order valence-electron chi connectivity index (χ4n) is 4.63. The van der Waals surface area contributed by atoms with Gasteiger partial charge in [-0.3, -0.25) is 9.36 Å². The largest absolute Gasteiger partial charge is 0.342 e. The molecule has 0 amide bonds. The fraction of sp³-hybridized carbons (Fsp3) is 0.409. The van der Waals surface area contributed by atoms with Crippen LogP contribution in [0.1, 0.15) is 67.1 Å². The van der Waals surface area contributed by atoms with Crippen molar-refractivity contribution in [2.45, 2.75) is 57.5 Å². The van der Waals surface area contributed by atoms with Crippen LogP contribution >= 0.6 is 0 Å². The lowest BCUT2D eigenvalue weighted by Crippen LogP contribution is -2.42. The molecule has 2 aromatic heterocycles. The lowest BCUT2D eigenvalue weighted by atomic mass is 10.0. The molecule has 0 radical (unpaired) electrons. The first-order valence-electron chi connectivity index (χ1n) is 10.4. The monoisotopic (exact) mass is 388 g/mol. The molecule has 148 valence electrons. The Hall–Kier alpha value is -3.09. The van der Waals surface area contributed by atoms with Crippen molar-refractivity contribution in [3.05, 3.63) is 60.1 Å². The summed E-state index contributed by atoms with van der Waals surface area (Å²) >= 11 is 0. The van der Waals surface area contributed by atoms with Crippen LogP contribution in [0, 0.1) is 0 Å². The molecule has 1 fully saturated rings. The average Bonchev–Trinajstić information content (AvgIpc) is 3.45. The van der Waals surface area contributed by atoms with E-state index in [2.05, 4.69) is 27.0 Å². The molecule has 0 unspecified atom stereocenters. The van der Waals surface area contributed by atoms with Gasteiger partial charge in [0.1, 0.15) is 17.8 Å². The van der Waals surface area contributed by atoms with E-state index in [1.165, 1.54) is 12.8 Å². The van der Waals surface area contributed by atoms with Crippen LogP contribution in [0.5, 0.6) is 0 Å². The Morgan fingerprint density at radius 2 is 1.97 bits per heavy atom. The van der Waals surface area contributed by atoms with Gasteiger partial charge in [-0.15, -0.1) is 10.2 Å². The second-order valence-corrected chi connectivity index (χ2v) is 7.79. The van der Waals surface area contributed by atoms with E-state index in [4.69, 9.17) is 4.98 Å². The quantitative estimate of drug-likeness (QED) is 0.620. The second-order valence-electron chi connectivity index (χ2n) is 7.79. The molecule has 29 heavy (non-hydrogen) atoms. The summed E-state index contributed by atoms with van der Waals surface area (Å²) in [6.07, 6.45) is 9.48. The van der Waals surface area contributed by atoms with Gasteiger partial charge in [-0.05, 0) is 19.3 Å². The third-order valence-corrected chi connectivity index (χ3v) is 6.03. The summed E-state index contributed by atoms with van der Waals surface area (Å²) < 4.78 is 2.00. The maximum atomic E-state index is 12.7. The van der Waals surface area contributed by atoms with E-state index in [-0.39, 0.29) is 18.2 Å². The number of Topliss-reactive ketones (excluding diaryl/α,β-unsaturated/α-hetero) is 1. The number of fused-ring (bicyclic) bond motifs is 3. The van der Waals surface area contributed by atoms with Crippen LogP contribution in [-0.4, -0.2) is 36.6 Å². The number of anilines is 1. The number of ketones is 1. The number of carbonyl (C=O) groups excluding carboxylic acids is 1. The first-order valence-corrected chi connectivity index (χ1v) is 10.4. The Morgan fingerprint density at radius 3 is 2.72 bits per heavy atom. The summed E-state index contributed by atoms with van der Waals surface area (Å²) in [4.78, 5) is 24.5. The zero-order chi connectivity index (χ0) is 19.8. The van der Waals surface area contributed by atoms with Crippen molar-refractivity contribution in [3.63, 3.8) is 0 Å². The van der Waals surface area contributed by atoms with E-state index >= 15 is 0 Å². The molecule has 7 nitrogen and oxygen atoms in total. The minimum Gasteiger partial charge on any atom is -0.342 e. The molecule has 3 aromatic rings. The minimum atomic E-state index is 0.0332. The Morgan fingerprint density at radius 1 is 1.17 bits per heavy atom. The van der Waals surface area contributed by atoms with Crippen LogP contribution in [-0.2, 0) is 6.42 Å². The van der Waals surface area contributed by atoms with Crippen molar-refractivity contribution in [2.75, 3.05) is 4.90 Å². The number of hydrogen-bond acceptors (Lipinski definition) is 6. The summed E-state index contributed by atoms with van der Waals surface area (Å²) in [5.74, 6) is 2.45. The predicted molar refractivity (Wildman–Crippen MR) is 109 cm³/mol. The molecule has 3 heterocycles. The third-order valence-electron chi connectivity index (χ3n) is 6.03. The number of nitrogens with zero attached hydrogens (tertiary/aromatic N) is 6. The Balaban J connectivity index is 1.55. The topological polar surface area (TPSA) is 76.8 Å². The number of hydrogen-bond donors (Lipinski definition) is 0. The number of aromatic nitrogens is 5. The zero-order valence-electron chi connectivity index (χ0n) is 16.5. The summed E-state index contributed by atoms with van der Waals surface area (Å²) in [5.41, 5.74) is 1.59. The molecule has 0 N–H and O–H groups in total. The summed E-state index contributed by atoms with van der Waals surface area (Å²) in [7, 11) is 0. The second kappa shape index (κ2) is 7.39. The van der Waals surface area contributed by atoms with Crippen LogP contribution in [0.15, 0.2) is 42.9 Å². The first-order chi connectivity index (χ1) is 14.3. The summed E-state index contributed by atoms with van der Waals surface area (Å²) in [6, 6.07) is 9.92. The highest BCUT2D eigenvalue weighted by molar-refractivity contribution is 5.97. The van der Waals surface area contributed by atoms with Crippen molar-refractivity contribution in [1.82, 2.24) is 24.7 Å². The normalized spacial score (nSPS) is 18.5. The molecule has 0 bridgehead atoms. The molecular weight excluding hydrogens is 364 g/mol. The Bertz CT molecular complexity index is 1020. The summed E-state index contributed by atoms with van der Waals surface area (Å²) in [6.45, 7) is 2.18. The molecule has 5 rings (SSSR count). The van der Waals surface area contributed by atoms with Crippen molar-refractivity contribution in [1.29, 1.82) is 0 Å². The summed E-state index contributed by atoms with van der Waals surface area (Å²) in [5, 5.41) is 8.55. The lowest BCUT2D eigenvalue weighted by Gasteiger charge is -2.40. The van der Waals surface area contributed by atoms with E-state index in [0.717, 1.165) is 36.6 Å². The van der Waals surface area contributed by atoms with Gasteiger partial charge in [0.05, 0.1) is 18.7 Å². The standard InChI is InChI=1S/C22H24N6O/c1-2-17-22-26-24-14-27(22)18-13-23-20(12-19(29)15-8-4-3-5-9-15)25-21(18)28(17)16-10-6-7-11-16/h3-5,8-9,13-14,16-17H,2,6-7,10-12H2,1H3/t17-/m1/s1. The molecule has 0 spiro atoms. The molecule has 1 aliphatic carbocycles. The van der Waals surface area contributed by atoms with Crippen LogP contribution in [0.2, 0.25) is 0 Å². The van der Waals surface area contributed by atoms with Gasteiger partial charge in [0.2, 0.25) is 0 Å². The number of rotatable bonds is 5. The minimum absolute atomic E-state index is 0.0332. The van der Waals surface area contributed by atoms with Crippen LogP contribution in [0.3, 0.4) is 0 Å². The van der Waals surface area contributed by atoms with Gasteiger partial charge >= 0.3 is 0 Å². The van der Waals surface area contributed by atoms with Crippen molar-refractivity contribution < 1.29 is 4.79 Å². The lowest BCUT2D eigenvalue weighted by molar-refractivity contribution is 0.0991. The van der Waals surface area contributed by atoms with Gasteiger partial charge in [-0.1, -0.05) is 50.1 Å². The van der Waals surface area contributed by atoms with Gasteiger partial charge in [0.25, 0.3) is 0 Å². The Labute approximate surface area is 169 Å². The van der Waals surface area contributed by atoms with Crippen molar-refractivity contribution in [3.8, 4) is 5.69 Å². The smallest absolute Gasteiger partial charge is 0.170 e. The first kappa shape index (κ1) is 18.0. The number of carbonyl (C=O) groups is 1. The van der Waals surface area contributed by atoms with Gasteiger partial charge in [-0.2, -0.15) is 0 Å². The van der Waals surface area contributed by atoms with Crippen LogP contribution < -0.4 is 4.90 Å². The van der Waals surface area contributed by atoms with E-state index in [1.807, 2.05) is 41.1 Å². The molecule has 7 heteroatoms. The van der Waals surface area contributed by atoms with E-state index < -0.39 is 0 Å². The highest BCUT2D eigenvalue weighted by Crippen LogP contribution is 2.42. The van der Waals surface area contributed by atoms with Gasteiger partial charge in [-0.25, -0.2) is 9.97 Å². The number of benzene rings is 1. The van der Waals surface area contributed by atoms with Gasteiger partial charge in [0, 0.05) is 11.6 Å². The fourth-order valence-corrected chi connectivity index (χ4v) is 4.63. The van der Waals surface area contributed by atoms with Gasteiger partial charge < -0.3 is 4.90 Å². The van der Waals surface area contributed by atoms with Gasteiger partial charge in [0.15, 0.2) is 17.4 Å². The molecule has 1 aliphatic heterocycles. The molecular formula is C22H24N6O. The maximum absolute atomic E-state index is 12.7. The average molecular weight is 388 g/mol. The van der Waals surface area contributed by atoms with E-state index in [1.54, 1.807) is 6.33 Å². The third kappa shape index (κ3) is 3.10. The molecule has 2 aliphatic rings. The van der Waals surface area contributed by atoms with Crippen LogP contribution in [0.25, 0.3) is 5.69 Å². The highest BCUT2D eigenvalue weighted by Gasteiger charge is 2.38. The molecule has 1 saturated carbocycles. The SMILES string of the molecule is CC[C@@H]1c2nncn2-c2cnc(CC(=O)c3ccccc3)nc2N1C1CCCC1. The molecule has 1 atom stereocenters. The predicted octanol–water partition coefficient (Wildman–Crippen LogP) is 3.70. The molecule has 0 saturated heterocycles. The molecule has 1 aromatic carbocycles. The zero-order valence-corrected chi connectivity index (χ0v) is 16.5.